The number of nitrogens with one attached hydrogen (secondary N) is 1. The summed E-state index contributed by atoms with van der Waals surface area (Å²) in [5.74, 6) is -0.112. The van der Waals surface area contributed by atoms with Gasteiger partial charge in [0, 0.05) is 18.0 Å². The first kappa shape index (κ1) is 16.6. The molecule has 0 aliphatic carbocycles. The Morgan fingerprint density at radius 1 is 1.21 bits per heavy atom. The van der Waals surface area contributed by atoms with Gasteiger partial charge in [0.25, 0.3) is 0 Å². The fraction of sp³-hybridized carbons (Fsp3) is 0.350. The van der Waals surface area contributed by atoms with Crippen LogP contribution in [0.4, 0.5) is 4.39 Å². The van der Waals surface area contributed by atoms with Crippen LogP contribution in [0.25, 0.3) is 11.1 Å². The zero-order valence-corrected chi connectivity index (χ0v) is 13.5. The Morgan fingerprint density at radius 3 is 2.58 bits per heavy atom. The second kappa shape index (κ2) is 7.57. The van der Waals surface area contributed by atoms with E-state index in [-0.39, 0.29) is 18.2 Å². The van der Waals surface area contributed by atoms with Crippen LogP contribution in [0.1, 0.15) is 30.1 Å². The minimum Gasteiger partial charge on any atom is -0.388 e. The Hall–Kier alpha value is -2.22. The molecule has 24 heavy (non-hydrogen) atoms. The van der Waals surface area contributed by atoms with E-state index in [9.17, 15) is 9.50 Å². The van der Waals surface area contributed by atoms with Crippen LogP contribution in [0.5, 0.6) is 0 Å². The summed E-state index contributed by atoms with van der Waals surface area (Å²) in [4.78, 5) is 0. The van der Waals surface area contributed by atoms with Crippen LogP contribution < -0.4 is 5.32 Å². The summed E-state index contributed by atoms with van der Waals surface area (Å²) in [5.41, 5.74) is 2.98. The minimum atomic E-state index is -0.471. The molecule has 0 radical (unpaired) electrons. The monoisotopic (exact) mass is 324 g/mol. The molecule has 3 rings (SSSR count). The number of nitrogens with zero attached hydrogens (tertiary/aromatic N) is 1. The van der Waals surface area contributed by atoms with Crippen LogP contribution in [-0.4, -0.2) is 18.2 Å². The van der Waals surface area contributed by atoms with Crippen molar-refractivity contribution in [3.05, 3.63) is 59.4 Å². The maximum absolute atomic E-state index is 14.0. The van der Waals surface area contributed by atoms with E-state index in [0.29, 0.717) is 5.56 Å². The van der Waals surface area contributed by atoms with E-state index in [1.54, 1.807) is 6.07 Å². The maximum atomic E-state index is 14.0. The van der Waals surface area contributed by atoms with Gasteiger partial charge in [0.2, 0.25) is 0 Å². The molecule has 1 heterocycles. The molecule has 0 bridgehead atoms. The van der Waals surface area contributed by atoms with Crippen molar-refractivity contribution in [1.82, 2.24) is 5.32 Å². The summed E-state index contributed by atoms with van der Waals surface area (Å²) in [6.45, 7) is 1.87. The molecule has 2 atom stereocenters. The normalized spacial score (nSPS) is 18.8. The molecule has 0 amide bonds. The van der Waals surface area contributed by atoms with Crippen molar-refractivity contribution < 1.29 is 9.50 Å². The number of aliphatic hydroxyl groups excluding tert-OH is 1. The molecule has 2 aromatic rings. The van der Waals surface area contributed by atoms with Gasteiger partial charge in [-0.3, -0.25) is 0 Å². The van der Waals surface area contributed by atoms with E-state index in [1.165, 1.54) is 6.07 Å². The number of hydrogen-bond donors (Lipinski definition) is 2. The van der Waals surface area contributed by atoms with E-state index < -0.39 is 6.10 Å². The number of aliphatic hydroxyl groups is 1. The van der Waals surface area contributed by atoms with Gasteiger partial charge < -0.3 is 10.4 Å². The van der Waals surface area contributed by atoms with Crippen molar-refractivity contribution in [3.8, 4) is 17.2 Å². The molecule has 0 spiro atoms. The summed E-state index contributed by atoms with van der Waals surface area (Å²) in [5, 5.41) is 22.5. The van der Waals surface area contributed by atoms with Crippen LogP contribution in [0.15, 0.2) is 42.5 Å². The Balaban J connectivity index is 1.76. The molecule has 2 unspecified atom stereocenters. The van der Waals surface area contributed by atoms with Crippen molar-refractivity contribution in [3.63, 3.8) is 0 Å². The molecule has 0 aromatic heterocycles. The zero-order valence-electron chi connectivity index (χ0n) is 13.5. The first-order chi connectivity index (χ1) is 11.7. The van der Waals surface area contributed by atoms with E-state index >= 15 is 0 Å². The van der Waals surface area contributed by atoms with Gasteiger partial charge in [-0.05, 0) is 42.1 Å². The number of rotatable bonds is 4. The van der Waals surface area contributed by atoms with Crippen molar-refractivity contribution in [2.24, 2.45) is 5.92 Å². The molecule has 2 aromatic carbocycles. The number of nitriles is 1. The van der Waals surface area contributed by atoms with Crippen molar-refractivity contribution in [1.29, 1.82) is 5.26 Å². The number of hydrogen-bond acceptors (Lipinski definition) is 3. The van der Waals surface area contributed by atoms with E-state index in [4.69, 9.17) is 5.26 Å². The molecular weight excluding hydrogens is 303 g/mol. The third-order valence-corrected chi connectivity index (χ3v) is 4.69. The van der Waals surface area contributed by atoms with Gasteiger partial charge in [-0.25, -0.2) is 4.39 Å². The van der Waals surface area contributed by atoms with E-state index in [0.717, 1.165) is 42.6 Å². The lowest BCUT2D eigenvalue weighted by Crippen LogP contribution is -2.33. The van der Waals surface area contributed by atoms with Gasteiger partial charge in [-0.2, -0.15) is 5.26 Å². The highest BCUT2D eigenvalue weighted by Gasteiger charge is 2.22. The summed E-state index contributed by atoms with van der Waals surface area (Å²) >= 11 is 0. The van der Waals surface area contributed by atoms with Crippen LogP contribution in [0.2, 0.25) is 0 Å². The molecule has 4 heteroatoms. The van der Waals surface area contributed by atoms with Gasteiger partial charge >= 0.3 is 0 Å². The first-order valence-corrected chi connectivity index (χ1v) is 8.33. The topological polar surface area (TPSA) is 56.0 Å². The van der Waals surface area contributed by atoms with Crippen LogP contribution in [0.3, 0.4) is 0 Å². The summed E-state index contributed by atoms with van der Waals surface area (Å²) in [6, 6.07) is 14.6. The molecule has 0 saturated carbocycles. The van der Waals surface area contributed by atoms with Gasteiger partial charge in [-0.1, -0.05) is 36.4 Å². The SMILES string of the molecule is N#CCc1ccc(-c2ccc(C(O)C3CCCNC3)cc2)cc1F. The Kier molecular flexibility index (Phi) is 5.24. The van der Waals surface area contributed by atoms with Gasteiger partial charge in [0.05, 0.1) is 18.6 Å². The minimum absolute atomic E-state index is 0.0761. The van der Waals surface area contributed by atoms with E-state index in [2.05, 4.69) is 5.32 Å². The van der Waals surface area contributed by atoms with Crippen LogP contribution in [-0.2, 0) is 6.42 Å². The Morgan fingerprint density at radius 2 is 1.96 bits per heavy atom. The van der Waals surface area contributed by atoms with Gasteiger partial charge in [0.15, 0.2) is 0 Å². The predicted molar refractivity (Wildman–Crippen MR) is 91.7 cm³/mol. The van der Waals surface area contributed by atoms with Crippen molar-refractivity contribution in [2.75, 3.05) is 13.1 Å². The Labute approximate surface area is 141 Å². The van der Waals surface area contributed by atoms with Crippen molar-refractivity contribution in [2.45, 2.75) is 25.4 Å². The molecule has 3 nitrogen and oxygen atoms in total. The Bertz CT molecular complexity index is 730. The highest BCUT2D eigenvalue weighted by molar-refractivity contribution is 5.64. The molecule has 1 fully saturated rings. The average molecular weight is 324 g/mol. The van der Waals surface area contributed by atoms with Gasteiger partial charge in [0.1, 0.15) is 5.82 Å². The number of piperidine rings is 1. The molecule has 1 saturated heterocycles. The zero-order chi connectivity index (χ0) is 16.9. The number of benzene rings is 2. The quantitative estimate of drug-likeness (QED) is 0.903. The lowest BCUT2D eigenvalue weighted by Gasteiger charge is -2.27. The second-order valence-corrected chi connectivity index (χ2v) is 6.31. The van der Waals surface area contributed by atoms with Gasteiger partial charge in [-0.15, -0.1) is 0 Å². The third kappa shape index (κ3) is 3.64. The average Bonchev–Trinajstić information content (AvgIpc) is 2.64. The summed E-state index contributed by atoms with van der Waals surface area (Å²) in [6.07, 6.45) is 1.73. The highest BCUT2D eigenvalue weighted by atomic mass is 19.1. The fourth-order valence-corrected chi connectivity index (χ4v) is 3.25. The summed E-state index contributed by atoms with van der Waals surface area (Å²) < 4.78 is 14.0. The fourth-order valence-electron chi connectivity index (χ4n) is 3.25. The smallest absolute Gasteiger partial charge is 0.128 e. The highest BCUT2D eigenvalue weighted by Crippen LogP contribution is 2.29. The molecule has 124 valence electrons. The molecule has 1 aliphatic heterocycles. The largest absolute Gasteiger partial charge is 0.388 e. The lowest BCUT2D eigenvalue weighted by atomic mass is 9.89. The standard InChI is InChI=1S/C20H21FN2O/c21-19-12-17(8-5-15(19)9-10-22)14-3-6-16(7-4-14)20(24)18-2-1-11-23-13-18/h3-8,12,18,20,23-24H,1-2,9,11,13H2. The van der Waals surface area contributed by atoms with Crippen LogP contribution in [0, 0.1) is 23.1 Å². The maximum Gasteiger partial charge on any atom is 0.128 e. The molecule has 1 aliphatic rings. The van der Waals surface area contributed by atoms with Crippen LogP contribution >= 0.6 is 0 Å². The van der Waals surface area contributed by atoms with E-state index in [1.807, 2.05) is 36.4 Å². The molecular formula is C20H21FN2O. The predicted octanol–water partition coefficient (Wildman–Crippen LogP) is 3.59. The third-order valence-electron chi connectivity index (χ3n) is 4.69. The summed E-state index contributed by atoms with van der Waals surface area (Å²) in [7, 11) is 0. The lowest BCUT2D eigenvalue weighted by molar-refractivity contribution is 0.0922. The molecule has 2 N–H and O–H groups in total. The van der Waals surface area contributed by atoms with Crippen molar-refractivity contribution >= 4 is 0 Å². The number of halogens is 1. The second-order valence-electron chi connectivity index (χ2n) is 6.31. The first-order valence-electron chi connectivity index (χ1n) is 8.33.